The summed E-state index contributed by atoms with van der Waals surface area (Å²) in [5, 5.41) is 11.8. The highest BCUT2D eigenvalue weighted by molar-refractivity contribution is 6.33. The van der Waals surface area contributed by atoms with Gasteiger partial charge in [0, 0.05) is 11.6 Å². The van der Waals surface area contributed by atoms with Crippen molar-refractivity contribution in [2.45, 2.75) is 13.3 Å². The number of halogens is 1. The summed E-state index contributed by atoms with van der Waals surface area (Å²) in [6.45, 7) is 1.80. The molecule has 0 saturated carbocycles. The first-order valence-corrected chi connectivity index (χ1v) is 8.28. The quantitative estimate of drug-likeness (QED) is 0.765. The van der Waals surface area contributed by atoms with Crippen LogP contribution in [0, 0.1) is 5.92 Å². The zero-order chi connectivity index (χ0) is 19.3. The Balaban J connectivity index is 2.06. The zero-order valence-electron chi connectivity index (χ0n) is 14.7. The number of aromatic carboxylic acids is 1. The Morgan fingerprint density at radius 3 is 2.38 bits per heavy atom. The highest BCUT2D eigenvalue weighted by Gasteiger charge is 2.16. The number of carbonyl (C=O) groups excluding carboxylic acids is 1. The van der Waals surface area contributed by atoms with Crippen molar-refractivity contribution in [3.8, 4) is 11.5 Å². The smallest absolute Gasteiger partial charge is 0.337 e. The van der Waals surface area contributed by atoms with Gasteiger partial charge in [-0.15, -0.1) is 0 Å². The molecule has 0 heterocycles. The number of carboxylic acids is 1. The molecule has 138 valence electrons. The van der Waals surface area contributed by atoms with Gasteiger partial charge in [0.05, 0.1) is 24.8 Å². The Labute approximate surface area is 156 Å². The Bertz CT molecular complexity index is 822. The van der Waals surface area contributed by atoms with Crippen molar-refractivity contribution in [3.05, 3.63) is 52.5 Å². The number of ether oxygens (including phenoxy) is 2. The second-order valence-corrected chi connectivity index (χ2v) is 6.19. The van der Waals surface area contributed by atoms with Crippen molar-refractivity contribution in [2.75, 3.05) is 19.5 Å². The first-order chi connectivity index (χ1) is 12.3. The lowest BCUT2D eigenvalue weighted by atomic mass is 9.99. The van der Waals surface area contributed by atoms with Crippen LogP contribution in [0.3, 0.4) is 0 Å². The van der Waals surface area contributed by atoms with Crippen LogP contribution < -0.4 is 14.8 Å². The Morgan fingerprint density at radius 2 is 1.81 bits per heavy atom. The van der Waals surface area contributed by atoms with E-state index in [-0.39, 0.29) is 22.4 Å². The second kappa shape index (κ2) is 8.58. The van der Waals surface area contributed by atoms with Gasteiger partial charge in [-0.2, -0.15) is 0 Å². The first kappa shape index (κ1) is 19.6. The maximum absolute atomic E-state index is 12.4. The molecule has 2 aromatic rings. The molecule has 1 atom stereocenters. The van der Waals surface area contributed by atoms with E-state index >= 15 is 0 Å². The molecule has 0 fully saturated rings. The van der Waals surface area contributed by atoms with Crippen LogP contribution in [-0.4, -0.2) is 31.2 Å². The summed E-state index contributed by atoms with van der Waals surface area (Å²) < 4.78 is 10.5. The van der Waals surface area contributed by atoms with Gasteiger partial charge in [0.15, 0.2) is 11.5 Å². The van der Waals surface area contributed by atoms with Crippen molar-refractivity contribution in [1.29, 1.82) is 0 Å². The van der Waals surface area contributed by atoms with Crippen LogP contribution in [0.2, 0.25) is 5.02 Å². The topological polar surface area (TPSA) is 84.9 Å². The molecule has 0 aliphatic carbocycles. The number of nitrogens with one attached hydrogen (secondary N) is 1. The molecule has 0 saturated heterocycles. The van der Waals surface area contributed by atoms with Gasteiger partial charge in [0.25, 0.3) is 0 Å². The van der Waals surface area contributed by atoms with Gasteiger partial charge in [0.1, 0.15) is 0 Å². The van der Waals surface area contributed by atoms with Gasteiger partial charge in [-0.05, 0) is 42.3 Å². The van der Waals surface area contributed by atoms with Gasteiger partial charge in [-0.1, -0.05) is 24.6 Å². The van der Waals surface area contributed by atoms with Crippen LogP contribution in [0.1, 0.15) is 22.8 Å². The highest BCUT2D eigenvalue weighted by atomic mass is 35.5. The summed E-state index contributed by atoms with van der Waals surface area (Å²) in [6, 6.07) is 9.80. The molecule has 7 heteroatoms. The minimum atomic E-state index is -1.12. The minimum Gasteiger partial charge on any atom is -0.493 e. The minimum absolute atomic E-state index is 0.0111. The first-order valence-electron chi connectivity index (χ1n) is 7.90. The number of benzene rings is 2. The second-order valence-electron chi connectivity index (χ2n) is 5.78. The molecule has 2 N–H and O–H groups in total. The Hall–Kier alpha value is -2.73. The third-order valence-corrected chi connectivity index (χ3v) is 4.22. The molecule has 1 unspecified atom stereocenters. The number of anilines is 1. The van der Waals surface area contributed by atoms with Gasteiger partial charge in [-0.25, -0.2) is 4.79 Å². The van der Waals surface area contributed by atoms with Gasteiger partial charge < -0.3 is 19.9 Å². The molecule has 1 amide bonds. The maximum atomic E-state index is 12.4. The average molecular weight is 378 g/mol. The number of amides is 1. The van der Waals surface area contributed by atoms with Crippen molar-refractivity contribution in [3.63, 3.8) is 0 Å². The van der Waals surface area contributed by atoms with Gasteiger partial charge in [-0.3, -0.25) is 4.79 Å². The fourth-order valence-corrected chi connectivity index (χ4v) is 2.75. The molecule has 0 spiro atoms. The lowest BCUT2D eigenvalue weighted by molar-refractivity contribution is -0.119. The molecule has 0 aromatic heterocycles. The van der Waals surface area contributed by atoms with E-state index in [0.717, 1.165) is 5.56 Å². The molecule has 6 nitrogen and oxygen atoms in total. The van der Waals surface area contributed by atoms with Crippen LogP contribution in [0.25, 0.3) is 0 Å². The third-order valence-electron chi connectivity index (χ3n) is 3.90. The van der Waals surface area contributed by atoms with Crippen LogP contribution >= 0.6 is 11.6 Å². The monoisotopic (exact) mass is 377 g/mol. The predicted octanol–water partition coefficient (Wildman–Crippen LogP) is 3.87. The Kier molecular flexibility index (Phi) is 6.46. The summed E-state index contributed by atoms with van der Waals surface area (Å²) in [6.07, 6.45) is 0.507. The fourth-order valence-electron chi connectivity index (χ4n) is 2.49. The number of hydrogen-bond acceptors (Lipinski definition) is 4. The molecular weight excluding hydrogens is 358 g/mol. The van der Waals surface area contributed by atoms with Gasteiger partial charge in [0.2, 0.25) is 5.91 Å². The van der Waals surface area contributed by atoms with E-state index in [1.165, 1.54) is 18.2 Å². The third kappa shape index (κ3) is 4.67. The molecule has 0 aliphatic rings. The maximum Gasteiger partial charge on any atom is 0.337 e. The van der Waals surface area contributed by atoms with E-state index in [1.54, 1.807) is 27.2 Å². The van der Waals surface area contributed by atoms with Crippen LogP contribution in [-0.2, 0) is 11.2 Å². The van der Waals surface area contributed by atoms with E-state index in [2.05, 4.69) is 5.32 Å². The van der Waals surface area contributed by atoms with Crippen molar-refractivity contribution < 1.29 is 24.2 Å². The summed E-state index contributed by atoms with van der Waals surface area (Å²) in [4.78, 5) is 23.4. The molecule has 0 bridgehead atoms. The fraction of sp³-hybridized carbons (Fsp3) is 0.263. The molecule has 2 rings (SSSR count). The van der Waals surface area contributed by atoms with E-state index in [4.69, 9.17) is 26.2 Å². The zero-order valence-corrected chi connectivity index (χ0v) is 15.5. The van der Waals surface area contributed by atoms with Gasteiger partial charge >= 0.3 is 5.97 Å². The Morgan fingerprint density at radius 1 is 1.12 bits per heavy atom. The molecule has 2 aromatic carbocycles. The van der Waals surface area contributed by atoms with Crippen LogP contribution in [0.15, 0.2) is 36.4 Å². The number of carboxylic acid groups (broad SMARTS) is 1. The standard InChI is InChI=1S/C19H20ClNO5/c1-11(8-12-4-7-16(25-2)17(9-12)26-3)18(22)21-13-5-6-14(19(23)24)15(20)10-13/h4-7,9-11H,8H2,1-3H3,(H,21,22)(H,23,24). The van der Waals surface area contributed by atoms with Crippen LogP contribution in [0.5, 0.6) is 11.5 Å². The number of carbonyl (C=O) groups is 2. The summed E-state index contributed by atoms with van der Waals surface area (Å²) in [5.41, 5.74) is 1.37. The molecular formula is C19H20ClNO5. The van der Waals surface area contributed by atoms with Crippen molar-refractivity contribution in [1.82, 2.24) is 0 Å². The summed E-state index contributed by atoms with van der Waals surface area (Å²) >= 11 is 5.92. The van der Waals surface area contributed by atoms with Crippen LogP contribution in [0.4, 0.5) is 5.69 Å². The van der Waals surface area contributed by atoms with E-state index in [9.17, 15) is 9.59 Å². The van der Waals surface area contributed by atoms with E-state index in [1.807, 2.05) is 12.1 Å². The summed E-state index contributed by atoms with van der Waals surface area (Å²) in [7, 11) is 3.12. The van der Waals surface area contributed by atoms with E-state index < -0.39 is 5.97 Å². The normalized spacial score (nSPS) is 11.5. The lowest BCUT2D eigenvalue weighted by Gasteiger charge is -2.14. The molecule has 0 radical (unpaired) electrons. The number of methoxy groups -OCH3 is 2. The number of rotatable bonds is 7. The predicted molar refractivity (Wildman–Crippen MR) is 99.5 cm³/mol. The average Bonchev–Trinajstić information content (AvgIpc) is 2.61. The lowest BCUT2D eigenvalue weighted by Crippen LogP contribution is -2.22. The highest BCUT2D eigenvalue weighted by Crippen LogP contribution is 2.28. The number of hydrogen-bond donors (Lipinski definition) is 2. The molecule has 0 aliphatic heterocycles. The van der Waals surface area contributed by atoms with Crippen molar-refractivity contribution >= 4 is 29.2 Å². The van der Waals surface area contributed by atoms with Crippen molar-refractivity contribution in [2.24, 2.45) is 5.92 Å². The SMILES string of the molecule is COc1ccc(CC(C)C(=O)Nc2ccc(C(=O)O)c(Cl)c2)cc1OC. The van der Waals surface area contributed by atoms with E-state index in [0.29, 0.717) is 23.6 Å². The summed E-state index contributed by atoms with van der Waals surface area (Å²) in [5.74, 6) is -0.394. The largest absolute Gasteiger partial charge is 0.493 e. The molecule has 26 heavy (non-hydrogen) atoms.